The van der Waals surface area contributed by atoms with Crippen molar-refractivity contribution in [3.05, 3.63) is 0 Å². The minimum atomic E-state index is -3.22. The number of hydrogen-bond donors (Lipinski definition) is 2. The Balaban J connectivity index is 3.83. The first-order valence-electron chi connectivity index (χ1n) is 4.72. The number of nitrogens with one attached hydrogen (secondary N) is 1. The van der Waals surface area contributed by atoms with Gasteiger partial charge in [-0.2, -0.15) is 0 Å². The molecular weight excluding hydrogens is 204 g/mol. The molecule has 0 saturated carbocycles. The van der Waals surface area contributed by atoms with Crippen molar-refractivity contribution in [3.8, 4) is 0 Å². The van der Waals surface area contributed by atoms with Gasteiger partial charge in [-0.05, 0) is 26.3 Å². The third kappa shape index (κ3) is 5.54. The fraction of sp³-hybridized carbons (Fsp3) is 1.00. The molecule has 6 heteroatoms. The Morgan fingerprint density at radius 2 is 2.07 bits per heavy atom. The second kappa shape index (κ2) is 7.17. The van der Waals surface area contributed by atoms with Gasteiger partial charge in [-0.3, -0.25) is 0 Å². The lowest BCUT2D eigenvalue weighted by Gasteiger charge is -2.12. The fourth-order valence-electron chi connectivity index (χ4n) is 0.950. The molecular formula is C8H20N2O3S. The van der Waals surface area contributed by atoms with E-state index in [1.165, 1.54) is 7.11 Å². The average molecular weight is 224 g/mol. The van der Waals surface area contributed by atoms with E-state index in [9.17, 15) is 8.42 Å². The van der Waals surface area contributed by atoms with Gasteiger partial charge in [-0.1, -0.05) is 0 Å². The number of methoxy groups -OCH3 is 1. The zero-order valence-corrected chi connectivity index (χ0v) is 9.64. The molecule has 14 heavy (non-hydrogen) atoms. The van der Waals surface area contributed by atoms with Crippen molar-refractivity contribution in [3.63, 3.8) is 0 Å². The van der Waals surface area contributed by atoms with Gasteiger partial charge in [-0.25, -0.2) is 13.1 Å². The van der Waals surface area contributed by atoms with Gasteiger partial charge in [0.2, 0.25) is 10.0 Å². The predicted octanol–water partition coefficient (Wildman–Crippen LogP) is -0.320. The van der Waals surface area contributed by atoms with Crippen molar-refractivity contribution in [2.75, 3.05) is 26.8 Å². The quantitative estimate of drug-likeness (QED) is 0.554. The molecule has 0 saturated heterocycles. The van der Waals surface area contributed by atoms with E-state index in [0.29, 0.717) is 13.1 Å². The molecule has 0 aromatic carbocycles. The molecule has 1 atom stereocenters. The molecule has 3 N–H and O–H groups in total. The van der Waals surface area contributed by atoms with Crippen LogP contribution in [0.15, 0.2) is 0 Å². The van der Waals surface area contributed by atoms with Crippen LogP contribution in [0.3, 0.4) is 0 Å². The molecule has 0 radical (unpaired) electrons. The lowest BCUT2D eigenvalue weighted by molar-refractivity contribution is 0.200. The van der Waals surface area contributed by atoms with Gasteiger partial charge < -0.3 is 10.5 Å². The first-order valence-corrected chi connectivity index (χ1v) is 6.26. The summed E-state index contributed by atoms with van der Waals surface area (Å²) in [6.07, 6.45) is 1.61. The third-order valence-electron chi connectivity index (χ3n) is 1.87. The van der Waals surface area contributed by atoms with E-state index >= 15 is 0 Å². The minimum absolute atomic E-state index is 0.215. The molecule has 5 nitrogen and oxygen atoms in total. The van der Waals surface area contributed by atoms with E-state index in [2.05, 4.69) is 4.72 Å². The number of nitrogens with two attached hydrogens (primary N) is 1. The molecule has 0 aliphatic heterocycles. The Kier molecular flexibility index (Phi) is 7.08. The largest absolute Gasteiger partial charge is 0.383 e. The van der Waals surface area contributed by atoms with E-state index < -0.39 is 15.3 Å². The van der Waals surface area contributed by atoms with Gasteiger partial charge in [-0.15, -0.1) is 0 Å². The van der Waals surface area contributed by atoms with Crippen LogP contribution in [0.2, 0.25) is 0 Å². The standard InChI is InChI=1S/C8H20N2O3S/c1-8(7-13-2)14(11,12)10-6-4-3-5-9/h8,10H,3-7,9H2,1-2H3. The van der Waals surface area contributed by atoms with Crippen molar-refractivity contribution >= 4 is 10.0 Å². The predicted molar refractivity (Wildman–Crippen MR) is 56.5 cm³/mol. The summed E-state index contributed by atoms with van der Waals surface area (Å²) in [4.78, 5) is 0. The lowest BCUT2D eigenvalue weighted by atomic mass is 10.3. The molecule has 0 aromatic rings. The third-order valence-corrected chi connectivity index (χ3v) is 3.67. The van der Waals surface area contributed by atoms with Crippen LogP contribution in [0.25, 0.3) is 0 Å². The summed E-state index contributed by atoms with van der Waals surface area (Å²) >= 11 is 0. The highest BCUT2D eigenvalue weighted by molar-refractivity contribution is 7.90. The molecule has 0 amide bonds. The van der Waals surface area contributed by atoms with Crippen LogP contribution in [-0.2, 0) is 14.8 Å². The summed E-state index contributed by atoms with van der Waals surface area (Å²) < 4.78 is 30.2. The zero-order valence-electron chi connectivity index (χ0n) is 8.82. The maximum atomic E-state index is 11.5. The van der Waals surface area contributed by atoms with Crippen LogP contribution in [0, 0.1) is 0 Å². The topological polar surface area (TPSA) is 81.4 Å². The van der Waals surface area contributed by atoms with Crippen LogP contribution in [-0.4, -0.2) is 40.5 Å². The van der Waals surface area contributed by atoms with Gasteiger partial charge >= 0.3 is 0 Å². The first-order chi connectivity index (χ1) is 6.54. The van der Waals surface area contributed by atoms with E-state index in [1.807, 2.05) is 0 Å². The highest BCUT2D eigenvalue weighted by atomic mass is 32.2. The highest BCUT2D eigenvalue weighted by Crippen LogP contribution is 1.98. The Labute approximate surface area is 86.1 Å². The van der Waals surface area contributed by atoms with E-state index in [0.717, 1.165) is 12.8 Å². The molecule has 1 unspecified atom stereocenters. The molecule has 0 heterocycles. The van der Waals surface area contributed by atoms with Crippen LogP contribution >= 0.6 is 0 Å². The summed E-state index contributed by atoms with van der Waals surface area (Å²) in [5.41, 5.74) is 5.29. The molecule has 0 aliphatic carbocycles. The normalized spacial score (nSPS) is 14.2. The minimum Gasteiger partial charge on any atom is -0.383 e. The van der Waals surface area contributed by atoms with Crippen molar-refractivity contribution in [1.82, 2.24) is 4.72 Å². The molecule has 0 fully saturated rings. The zero-order chi connectivity index (χ0) is 11.0. The SMILES string of the molecule is COCC(C)S(=O)(=O)NCCCCN. The number of rotatable bonds is 8. The number of unbranched alkanes of at least 4 members (excludes halogenated alkanes) is 1. The Morgan fingerprint density at radius 3 is 2.57 bits per heavy atom. The average Bonchev–Trinajstić information content (AvgIpc) is 2.13. The van der Waals surface area contributed by atoms with Gasteiger partial charge in [0.05, 0.1) is 11.9 Å². The van der Waals surface area contributed by atoms with Crippen LogP contribution in [0.5, 0.6) is 0 Å². The maximum absolute atomic E-state index is 11.5. The molecule has 0 bridgehead atoms. The van der Waals surface area contributed by atoms with Crippen molar-refractivity contribution in [2.45, 2.75) is 25.0 Å². The van der Waals surface area contributed by atoms with Gasteiger partial charge in [0, 0.05) is 13.7 Å². The van der Waals surface area contributed by atoms with Crippen LogP contribution in [0.4, 0.5) is 0 Å². The molecule has 0 aliphatic rings. The summed E-state index contributed by atoms with van der Waals surface area (Å²) in [5, 5.41) is -0.509. The summed E-state index contributed by atoms with van der Waals surface area (Å²) in [6, 6.07) is 0. The second-order valence-corrected chi connectivity index (χ2v) is 5.38. The first kappa shape index (κ1) is 13.8. The van der Waals surface area contributed by atoms with E-state index in [-0.39, 0.29) is 6.61 Å². The van der Waals surface area contributed by atoms with Gasteiger partial charge in [0.15, 0.2) is 0 Å². The number of sulfonamides is 1. The van der Waals surface area contributed by atoms with Crippen LogP contribution in [0.1, 0.15) is 19.8 Å². The summed E-state index contributed by atoms with van der Waals surface area (Å²) in [7, 11) is -1.73. The molecule has 86 valence electrons. The van der Waals surface area contributed by atoms with E-state index in [4.69, 9.17) is 10.5 Å². The lowest BCUT2D eigenvalue weighted by Crippen LogP contribution is -2.35. The maximum Gasteiger partial charge on any atom is 0.216 e. The van der Waals surface area contributed by atoms with Gasteiger partial charge in [0.1, 0.15) is 0 Å². The smallest absolute Gasteiger partial charge is 0.216 e. The molecule has 0 aromatic heterocycles. The highest BCUT2D eigenvalue weighted by Gasteiger charge is 2.19. The van der Waals surface area contributed by atoms with Gasteiger partial charge in [0.25, 0.3) is 0 Å². The molecule has 0 rings (SSSR count). The van der Waals surface area contributed by atoms with Crippen molar-refractivity contribution in [2.24, 2.45) is 5.73 Å². The Bertz CT molecular complexity index is 229. The Morgan fingerprint density at radius 1 is 1.43 bits per heavy atom. The van der Waals surface area contributed by atoms with Crippen molar-refractivity contribution in [1.29, 1.82) is 0 Å². The summed E-state index contributed by atoms with van der Waals surface area (Å²) in [5.74, 6) is 0. The van der Waals surface area contributed by atoms with E-state index in [1.54, 1.807) is 6.92 Å². The number of hydrogen-bond acceptors (Lipinski definition) is 4. The monoisotopic (exact) mass is 224 g/mol. The fourth-order valence-corrected chi connectivity index (χ4v) is 1.98. The summed E-state index contributed by atoms with van der Waals surface area (Å²) in [6.45, 7) is 2.88. The van der Waals surface area contributed by atoms with Crippen LogP contribution < -0.4 is 10.5 Å². The molecule has 0 spiro atoms. The van der Waals surface area contributed by atoms with Crippen molar-refractivity contribution < 1.29 is 13.2 Å². The Hall–Kier alpha value is -0.170. The second-order valence-electron chi connectivity index (χ2n) is 3.20. The number of ether oxygens (including phenoxy) is 1.